The molecule has 0 bridgehead atoms. The van der Waals surface area contributed by atoms with Crippen LogP contribution in [0.25, 0.3) is 11.4 Å². The maximum absolute atomic E-state index is 12.7. The van der Waals surface area contributed by atoms with Crippen molar-refractivity contribution in [2.45, 2.75) is 0 Å². The smallest absolute Gasteiger partial charge is 0.314 e. The number of amides is 1. The largest absolute Gasteiger partial charge is 0.492 e. The van der Waals surface area contributed by atoms with Crippen LogP contribution >= 0.6 is 0 Å². The summed E-state index contributed by atoms with van der Waals surface area (Å²) in [5.41, 5.74) is 1.33. The summed E-state index contributed by atoms with van der Waals surface area (Å²) in [6.07, 6.45) is 0. The summed E-state index contributed by atoms with van der Waals surface area (Å²) in [4.78, 5) is 18.6. The Morgan fingerprint density at radius 2 is 1.93 bits per heavy atom. The van der Waals surface area contributed by atoms with Gasteiger partial charge in [-0.15, -0.1) is 5.10 Å². The molecule has 0 aliphatic rings. The lowest BCUT2D eigenvalue weighted by Gasteiger charge is -2.17. The molecule has 7 heteroatoms. The molecule has 27 heavy (non-hydrogen) atoms. The molecular weight excluding hydrogens is 344 g/mol. The quantitative estimate of drug-likeness (QED) is 0.643. The number of rotatable bonds is 7. The van der Waals surface area contributed by atoms with Gasteiger partial charge in [0.1, 0.15) is 12.4 Å². The van der Waals surface area contributed by atoms with E-state index < -0.39 is 0 Å². The SMILES string of the molecule is COc1nc(-c2cccc(C(=O)N(C)CCOc3ccccc3)c2)nn1C. The Kier molecular flexibility index (Phi) is 5.71. The van der Waals surface area contributed by atoms with E-state index in [1.807, 2.05) is 42.5 Å². The number of benzene rings is 2. The van der Waals surface area contributed by atoms with Crippen LogP contribution in [0.3, 0.4) is 0 Å². The number of hydrogen-bond donors (Lipinski definition) is 0. The Balaban J connectivity index is 1.65. The second-order valence-corrected chi connectivity index (χ2v) is 6.01. The minimum absolute atomic E-state index is 0.0867. The highest BCUT2D eigenvalue weighted by Crippen LogP contribution is 2.20. The van der Waals surface area contributed by atoms with Gasteiger partial charge in [-0.05, 0) is 24.3 Å². The Morgan fingerprint density at radius 3 is 2.63 bits per heavy atom. The first-order chi connectivity index (χ1) is 13.1. The van der Waals surface area contributed by atoms with Gasteiger partial charge >= 0.3 is 6.01 Å². The zero-order valence-corrected chi connectivity index (χ0v) is 15.6. The molecule has 0 aliphatic carbocycles. The van der Waals surface area contributed by atoms with Gasteiger partial charge < -0.3 is 14.4 Å². The third kappa shape index (κ3) is 4.44. The number of ether oxygens (including phenoxy) is 2. The van der Waals surface area contributed by atoms with Gasteiger partial charge in [0.15, 0.2) is 5.82 Å². The van der Waals surface area contributed by atoms with Crippen molar-refractivity contribution < 1.29 is 14.3 Å². The monoisotopic (exact) mass is 366 g/mol. The second kappa shape index (κ2) is 8.35. The topological polar surface area (TPSA) is 69.5 Å². The normalized spacial score (nSPS) is 10.5. The predicted octanol–water partition coefficient (Wildman–Crippen LogP) is 2.64. The van der Waals surface area contributed by atoms with Crippen molar-refractivity contribution in [1.29, 1.82) is 0 Å². The molecule has 1 amide bonds. The van der Waals surface area contributed by atoms with Crippen LogP contribution in [0.4, 0.5) is 0 Å². The zero-order chi connectivity index (χ0) is 19.2. The van der Waals surface area contributed by atoms with Gasteiger partial charge in [0.25, 0.3) is 5.91 Å². The van der Waals surface area contributed by atoms with Crippen LogP contribution in [0.2, 0.25) is 0 Å². The van der Waals surface area contributed by atoms with E-state index in [-0.39, 0.29) is 5.91 Å². The van der Waals surface area contributed by atoms with Crippen molar-refractivity contribution in [3.05, 3.63) is 60.2 Å². The molecule has 0 atom stereocenters. The summed E-state index contributed by atoms with van der Waals surface area (Å²) >= 11 is 0. The fraction of sp³-hybridized carbons (Fsp3) is 0.250. The highest BCUT2D eigenvalue weighted by Gasteiger charge is 2.15. The molecule has 0 N–H and O–H groups in total. The van der Waals surface area contributed by atoms with Crippen molar-refractivity contribution in [3.63, 3.8) is 0 Å². The maximum atomic E-state index is 12.7. The van der Waals surface area contributed by atoms with Crippen LogP contribution in [-0.2, 0) is 7.05 Å². The number of aryl methyl sites for hydroxylation is 1. The van der Waals surface area contributed by atoms with E-state index >= 15 is 0 Å². The van der Waals surface area contributed by atoms with Crippen LogP contribution < -0.4 is 9.47 Å². The molecule has 0 saturated heterocycles. The first kappa shape index (κ1) is 18.4. The van der Waals surface area contributed by atoms with E-state index in [0.29, 0.717) is 30.5 Å². The van der Waals surface area contributed by atoms with Gasteiger partial charge in [0, 0.05) is 25.2 Å². The van der Waals surface area contributed by atoms with Crippen LogP contribution in [0, 0.1) is 0 Å². The minimum Gasteiger partial charge on any atom is -0.492 e. The molecule has 1 aromatic heterocycles. The molecule has 0 unspecified atom stereocenters. The summed E-state index contributed by atoms with van der Waals surface area (Å²) in [5.74, 6) is 1.21. The van der Waals surface area contributed by atoms with Crippen molar-refractivity contribution in [2.75, 3.05) is 27.3 Å². The molecule has 7 nitrogen and oxygen atoms in total. The van der Waals surface area contributed by atoms with E-state index in [0.717, 1.165) is 11.3 Å². The number of carbonyl (C=O) groups is 1. The first-order valence-electron chi connectivity index (χ1n) is 8.57. The molecule has 0 saturated carbocycles. The lowest BCUT2D eigenvalue weighted by atomic mass is 10.1. The number of para-hydroxylation sites is 1. The molecule has 0 aliphatic heterocycles. The van der Waals surface area contributed by atoms with Crippen LogP contribution in [0.15, 0.2) is 54.6 Å². The molecule has 3 rings (SSSR count). The number of nitrogens with zero attached hydrogens (tertiary/aromatic N) is 4. The van der Waals surface area contributed by atoms with Crippen LogP contribution in [-0.4, -0.2) is 52.9 Å². The van der Waals surface area contributed by atoms with Gasteiger partial charge in [-0.1, -0.05) is 30.3 Å². The van der Waals surface area contributed by atoms with E-state index in [2.05, 4.69) is 10.1 Å². The molecule has 3 aromatic rings. The number of aromatic nitrogens is 3. The number of methoxy groups -OCH3 is 1. The molecular formula is C20H22N4O3. The highest BCUT2D eigenvalue weighted by atomic mass is 16.5. The van der Waals surface area contributed by atoms with Crippen molar-refractivity contribution in [2.24, 2.45) is 7.05 Å². The molecule has 2 aromatic carbocycles. The maximum Gasteiger partial charge on any atom is 0.314 e. The van der Waals surface area contributed by atoms with E-state index in [1.54, 1.807) is 42.9 Å². The summed E-state index contributed by atoms with van der Waals surface area (Å²) in [7, 11) is 5.05. The average Bonchev–Trinajstić information content (AvgIpc) is 3.09. The Morgan fingerprint density at radius 1 is 1.15 bits per heavy atom. The van der Waals surface area contributed by atoms with Crippen molar-refractivity contribution in [3.8, 4) is 23.1 Å². The predicted molar refractivity (Wildman–Crippen MR) is 102 cm³/mol. The Hall–Kier alpha value is -3.35. The molecule has 0 radical (unpaired) electrons. The number of likely N-dealkylation sites (N-methyl/N-ethyl adjacent to an activating group) is 1. The van der Waals surface area contributed by atoms with Gasteiger partial charge in [-0.2, -0.15) is 4.98 Å². The van der Waals surface area contributed by atoms with E-state index in [9.17, 15) is 4.79 Å². The molecule has 1 heterocycles. The van der Waals surface area contributed by atoms with Crippen molar-refractivity contribution in [1.82, 2.24) is 19.7 Å². The average molecular weight is 366 g/mol. The van der Waals surface area contributed by atoms with Crippen molar-refractivity contribution >= 4 is 5.91 Å². The summed E-state index contributed by atoms with van der Waals surface area (Å²) in [5, 5.41) is 4.32. The molecule has 0 spiro atoms. The standard InChI is InChI=1S/C20H22N4O3/c1-23(12-13-27-17-10-5-4-6-11-17)19(25)16-9-7-8-15(14-16)18-21-20(26-3)24(2)22-18/h4-11,14H,12-13H2,1-3H3. The first-order valence-corrected chi connectivity index (χ1v) is 8.57. The Labute approximate surface area is 158 Å². The molecule has 140 valence electrons. The van der Waals surface area contributed by atoms with E-state index in [1.165, 1.54) is 0 Å². The molecule has 0 fully saturated rings. The van der Waals surface area contributed by atoms with Crippen LogP contribution in [0.5, 0.6) is 11.8 Å². The lowest BCUT2D eigenvalue weighted by molar-refractivity contribution is 0.0774. The summed E-state index contributed by atoms with van der Waals surface area (Å²) in [6, 6.07) is 17.2. The van der Waals surface area contributed by atoms with Gasteiger partial charge in [-0.3, -0.25) is 4.79 Å². The van der Waals surface area contributed by atoms with Gasteiger partial charge in [0.05, 0.1) is 13.7 Å². The highest BCUT2D eigenvalue weighted by molar-refractivity contribution is 5.95. The fourth-order valence-corrected chi connectivity index (χ4v) is 2.60. The third-order valence-electron chi connectivity index (χ3n) is 4.06. The zero-order valence-electron chi connectivity index (χ0n) is 15.6. The van der Waals surface area contributed by atoms with E-state index in [4.69, 9.17) is 9.47 Å². The minimum atomic E-state index is -0.0867. The summed E-state index contributed by atoms with van der Waals surface area (Å²) < 4.78 is 12.4. The number of hydrogen-bond acceptors (Lipinski definition) is 5. The van der Waals surface area contributed by atoms with Gasteiger partial charge in [0.2, 0.25) is 0 Å². The summed E-state index contributed by atoms with van der Waals surface area (Å²) in [6.45, 7) is 0.901. The second-order valence-electron chi connectivity index (χ2n) is 6.01. The van der Waals surface area contributed by atoms with Crippen LogP contribution in [0.1, 0.15) is 10.4 Å². The fourth-order valence-electron chi connectivity index (χ4n) is 2.60. The number of carbonyl (C=O) groups excluding carboxylic acids is 1. The third-order valence-corrected chi connectivity index (χ3v) is 4.06. The lowest BCUT2D eigenvalue weighted by Crippen LogP contribution is -2.30. The van der Waals surface area contributed by atoms with Gasteiger partial charge in [-0.25, -0.2) is 4.68 Å². The Bertz CT molecular complexity index is 909.